The smallest absolute Gasteiger partial charge is 0.341 e. The van der Waals surface area contributed by atoms with Gasteiger partial charge >= 0.3 is 11.7 Å². The van der Waals surface area contributed by atoms with E-state index in [4.69, 9.17) is 0 Å². The number of esters is 1. The van der Waals surface area contributed by atoms with Crippen molar-refractivity contribution in [1.29, 1.82) is 0 Å². The fraction of sp³-hybridized carbons (Fsp3) is 0.125. The molecule has 1 aromatic rings. The van der Waals surface area contributed by atoms with Gasteiger partial charge in [0.25, 0.3) is 5.69 Å². The van der Waals surface area contributed by atoms with Crippen LogP contribution in [0.25, 0.3) is 0 Å². The Labute approximate surface area is 92.9 Å². The van der Waals surface area contributed by atoms with Crippen molar-refractivity contribution >= 4 is 17.3 Å². The maximum atomic E-state index is 13.4. The zero-order valence-electron chi connectivity index (χ0n) is 8.38. The van der Waals surface area contributed by atoms with E-state index >= 15 is 0 Å². The Hall–Kier alpha value is -2.58. The number of hydrogen-bond acceptors (Lipinski definition) is 6. The number of nitro groups is 2. The Morgan fingerprint density at radius 1 is 1.29 bits per heavy atom. The highest BCUT2D eigenvalue weighted by molar-refractivity contribution is 5.91. The molecule has 8 nitrogen and oxygen atoms in total. The summed E-state index contributed by atoms with van der Waals surface area (Å²) in [5.41, 5.74) is -2.77. The number of benzene rings is 1. The molecule has 0 aliphatic heterocycles. The molecule has 0 saturated carbocycles. The largest absolute Gasteiger partial charge is 0.465 e. The van der Waals surface area contributed by atoms with Gasteiger partial charge in [-0.25, -0.2) is 4.79 Å². The molecule has 0 heterocycles. The lowest BCUT2D eigenvalue weighted by Crippen LogP contribution is -2.08. The molecule has 0 saturated heterocycles. The van der Waals surface area contributed by atoms with Crippen LogP contribution in [0.5, 0.6) is 0 Å². The summed E-state index contributed by atoms with van der Waals surface area (Å²) in [5, 5.41) is 20.9. The highest BCUT2D eigenvalue weighted by Gasteiger charge is 2.28. The van der Waals surface area contributed by atoms with Crippen LogP contribution in [0, 0.1) is 26.0 Å². The fourth-order valence-electron chi connectivity index (χ4n) is 1.09. The lowest BCUT2D eigenvalue weighted by molar-refractivity contribution is -0.395. The highest BCUT2D eigenvalue weighted by atomic mass is 19.1. The molecule has 90 valence electrons. The summed E-state index contributed by atoms with van der Waals surface area (Å²) < 4.78 is 17.6. The van der Waals surface area contributed by atoms with Crippen molar-refractivity contribution in [2.45, 2.75) is 0 Å². The van der Waals surface area contributed by atoms with Crippen LogP contribution in [-0.2, 0) is 4.74 Å². The quantitative estimate of drug-likeness (QED) is 0.451. The summed E-state index contributed by atoms with van der Waals surface area (Å²) >= 11 is 0. The van der Waals surface area contributed by atoms with Crippen LogP contribution in [0.15, 0.2) is 12.1 Å². The monoisotopic (exact) mass is 244 g/mol. The molecule has 0 aliphatic carbocycles. The molecule has 1 aromatic carbocycles. The van der Waals surface area contributed by atoms with E-state index in [1.807, 2.05) is 0 Å². The zero-order valence-corrected chi connectivity index (χ0v) is 8.38. The van der Waals surface area contributed by atoms with Gasteiger partial charge in [0.2, 0.25) is 5.82 Å². The Bertz CT molecular complexity index is 515. The minimum atomic E-state index is -1.47. The van der Waals surface area contributed by atoms with E-state index in [1.54, 1.807) is 0 Å². The van der Waals surface area contributed by atoms with E-state index < -0.39 is 38.6 Å². The minimum Gasteiger partial charge on any atom is -0.465 e. The fourth-order valence-corrected chi connectivity index (χ4v) is 1.09. The van der Waals surface area contributed by atoms with Gasteiger partial charge in [0.05, 0.1) is 23.0 Å². The van der Waals surface area contributed by atoms with E-state index in [0.29, 0.717) is 12.1 Å². The van der Waals surface area contributed by atoms with E-state index in [9.17, 15) is 29.4 Å². The van der Waals surface area contributed by atoms with Crippen molar-refractivity contribution in [2.75, 3.05) is 7.11 Å². The molecule has 0 bridgehead atoms. The van der Waals surface area contributed by atoms with Gasteiger partial charge in [0, 0.05) is 6.07 Å². The Morgan fingerprint density at radius 3 is 2.29 bits per heavy atom. The van der Waals surface area contributed by atoms with Gasteiger partial charge in [-0.15, -0.1) is 0 Å². The van der Waals surface area contributed by atoms with Gasteiger partial charge in [-0.05, 0) is 0 Å². The van der Waals surface area contributed by atoms with Gasteiger partial charge in [-0.3, -0.25) is 20.2 Å². The summed E-state index contributed by atoms with van der Waals surface area (Å²) in [5.74, 6) is -2.69. The molecule has 0 radical (unpaired) electrons. The maximum absolute atomic E-state index is 13.4. The predicted octanol–water partition coefficient (Wildman–Crippen LogP) is 1.43. The second-order valence-corrected chi connectivity index (χ2v) is 2.83. The van der Waals surface area contributed by atoms with E-state index in [-0.39, 0.29) is 0 Å². The van der Waals surface area contributed by atoms with Crippen molar-refractivity contribution in [3.8, 4) is 0 Å². The van der Waals surface area contributed by atoms with Crippen LogP contribution in [0.2, 0.25) is 0 Å². The third kappa shape index (κ3) is 2.33. The average molecular weight is 244 g/mol. The molecule has 9 heteroatoms. The van der Waals surface area contributed by atoms with Crippen LogP contribution in [-0.4, -0.2) is 22.9 Å². The van der Waals surface area contributed by atoms with Crippen molar-refractivity contribution in [3.63, 3.8) is 0 Å². The number of nitrogens with zero attached hydrogens (tertiary/aromatic N) is 2. The first kappa shape index (κ1) is 12.5. The minimum absolute atomic E-state index is 0.432. The third-order valence-corrected chi connectivity index (χ3v) is 1.85. The molecule has 1 rings (SSSR count). The molecule has 0 atom stereocenters. The average Bonchev–Trinajstić information content (AvgIpc) is 2.27. The zero-order chi connectivity index (χ0) is 13.2. The number of nitro benzene ring substituents is 2. The van der Waals surface area contributed by atoms with E-state index in [1.165, 1.54) is 0 Å². The Morgan fingerprint density at radius 2 is 1.88 bits per heavy atom. The van der Waals surface area contributed by atoms with Crippen molar-refractivity contribution in [1.82, 2.24) is 0 Å². The molecule has 0 fully saturated rings. The van der Waals surface area contributed by atoms with Crippen LogP contribution in [0.4, 0.5) is 15.8 Å². The number of methoxy groups -OCH3 is 1. The van der Waals surface area contributed by atoms with E-state index in [0.717, 1.165) is 7.11 Å². The topological polar surface area (TPSA) is 113 Å². The van der Waals surface area contributed by atoms with Crippen LogP contribution in [0.3, 0.4) is 0 Å². The van der Waals surface area contributed by atoms with Crippen LogP contribution >= 0.6 is 0 Å². The van der Waals surface area contributed by atoms with Crippen LogP contribution in [0.1, 0.15) is 10.4 Å². The number of non-ortho nitro benzene ring substituents is 1. The SMILES string of the molecule is COC(=O)c1cc([N+](=O)[O-])cc([N+](=O)[O-])c1F. The molecule has 0 unspecified atom stereocenters. The van der Waals surface area contributed by atoms with E-state index in [2.05, 4.69) is 4.74 Å². The van der Waals surface area contributed by atoms with Gasteiger partial charge in [-0.2, -0.15) is 4.39 Å². The second-order valence-electron chi connectivity index (χ2n) is 2.83. The number of halogens is 1. The number of rotatable bonds is 3. The third-order valence-electron chi connectivity index (χ3n) is 1.85. The maximum Gasteiger partial charge on any atom is 0.341 e. The predicted molar refractivity (Wildman–Crippen MR) is 51.0 cm³/mol. The Balaban J connectivity index is 3.54. The molecule has 17 heavy (non-hydrogen) atoms. The lowest BCUT2D eigenvalue weighted by atomic mass is 10.1. The van der Waals surface area contributed by atoms with Gasteiger partial charge in [0.15, 0.2) is 0 Å². The first-order valence-corrected chi connectivity index (χ1v) is 4.09. The summed E-state index contributed by atoms with van der Waals surface area (Å²) in [6, 6.07) is 1.01. The molecular formula is C8H5FN2O6. The van der Waals surface area contributed by atoms with Crippen molar-refractivity contribution in [2.24, 2.45) is 0 Å². The second kappa shape index (κ2) is 4.51. The highest BCUT2D eigenvalue weighted by Crippen LogP contribution is 2.27. The molecule has 0 N–H and O–H groups in total. The van der Waals surface area contributed by atoms with Crippen LogP contribution < -0.4 is 0 Å². The van der Waals surface area contributed by atoms with Crippen molar-refractivity contribution in [3.05, 3.63) is 43.7 Å². The summed E-state index contributed by atoms with van der Waals surface area (Å²) in [6.45, 7) is 0. The number of ether oxygens (including phenoxy) is 1. The molecular weight excluding hydrogens is 239 g/mol. The summed E-state index contributed by atoms with van der Waals surface area (Å²) in [6.07, 6.45) is 0. The van der Waals surface area contributed by atoms with Crippen molar-refractivity contribution < 1.29 is 23.8 Å². The number of carbonyl (C=O) groups excluding carboxylic acids is 1. The lowest BCUT2D eigenvalue weighted by Gasteiger charge is -2.01. The normalized spacial score (nSPS) is 9.76. The first-order valence-electron chi connectivity index (χ1n) is 4.09. The molecule has 0 spiro atoms. The van der Waals surface area contributed by atoms with Gasteiger partial charge in [-0.1, -0.05) is 0 Å². The first-order chi connectivity index (χ1) is 7.88. The number of carbonyl (C=O) groups is 1. The summed E-state index contributed by atoms with van der Waals surface area (Å²) in [4.78, 5) is 29.9. The molecule has 0 aliphatic rings. The molecule has 0 amide bonds. The molecule has 0 aromatic heterocycles. The standard InChI is InChI=1S/C8H5FN2O6/c1-17-8(12)5-2-4(10(13)14)3-6(7(5)9)11(15)16/h2-3H,1H3. The van der Waals surface area contributed by atoms with Gasteiger partial charge < -0.3 is 4.74 Å². The Kier molecular flexibility index (Phi) is 3.31. The summed E-state index contributed by atoms with van der Waals surface area (Å²) in [7, 11) is 0.923. The van der Waals surface area contributed by atoms with Gasteiger partial charge in [0.1, 0.15) is 5.56 Å². The number of hydrogen-bond donors (Lipinski definition) is 0.